The summed E-state index contributed by atoms with van der Waals surface area (Å²) in [7, 11) is 0. The molecule has 1 amide bonds. The predicted octanol–water partition coefficient (Wildman–Crippen LogP) is 2.53. The summed E-state index contributed by atoms with van der Waals surface area (Å²) in [5, 5.41) is 7.90. The van der Waals surface area contributed by atoms with Gasteiger partial charge >= 0.3 is 0 Å². The van der Waals surface area contributed by atoms with Gasteiger partial charge in [-0.15, -0.1) is 0 Å². The first-order valence-electron chi connectivity index (χ1n) is 7.94. The maximum absolute atomic E-state index is 12.9. The van der Waals surface area contributed by atoms with Crippen LogP contribution in [0.3, 0.4) is 0 Å². The number of carbonyl (C=O) groups is 1. The molecule has 7 nitrogen and oxygen atoms in total. The normalized spacial score (nSPS) is 18.1. The standard InChI is InChI=1S/C17H17N5O2/c1-11-14-15(18-10-19-16(14)24-21-11)20-13-8-5-9-22(17(13)23)12-6-3-2-4-7-12/h2-4,6-7,10,13H,5,8-9H2,1H3,(H,18,19,20). The zero-order chi connectivity index (χ0) is 16.5. The molecule has 0 saturated carbocycles. The van der Waals surface area contributed by atoms with Crippen LogP contribution in [0.4, 0.5) is 11.5 Å². The molecule has 3 heterocycles. The van der Waals surface area contributed by atoms with E-state index in [9.17, 15) is 4.79 Å². The molecule has 1 fully saturated rings. The van der Waals surface area contributed by atoms with Crippen LogP contribution in [0.1, 0.15) is 18.5 Å². The molecule has 4 rings (SSSR count). The molecule has 7 heteroatoms. The number of rotatable bonds is 3. The fraction of sp³-hybridized carbons (Fsp3) is 0.294. The van der Waals surface area contributed by atoms with E-state index in [1.807, 2.05) is 42.2 Å². The third kappa shape index (κ3) is 2.47. The lowest BCUT2D eigenvalue weighted by molar-refractivity contribution is -0.120. The average Bonchev–Trinajstić information content (AvgIpc) is 3.00. The Morgan fingerprint density at radius 3 is 2.92 bits per heavy atom. The van der Waals surface area contributed by atoms with Crippen LogP contribution in [0.15, 0.2) is 41.2 Å². The average molecular weight is 323 g/mol. The Labute approximate surface area is 138 Å². The van der Waals surface area contributed by atoms with Crippen LogP contribution in [-0.4, -0.2) is 33.6 Å². The highest BCUT2D eigenvalue weighted by molar-refractivity contribution is 6.00. The van der Waals surface area contributed by atoms with Crippen molar-refractivity contribution in [2.45, 2.75) is 25.8 Å². The van der Waals surface area contributed by atoms with Gasteiger partial charge in [0.1, 0.15) is 23.6 Å². The van der Waals surface area contributed by atoms with Crippen molar-refractivity contribution >= 4 is 28.5 Å². The minimum atomic E-state index is -0.327. The van der Waals surface area contributed by atoms with Gasteiger partial charge in [0.25, 0.3) is 5.71 Å². The van der Waals surface area contributed by atoms with E-state index in [0.29, 0.717) is 17.2 Å². The van der Waals surface area contributed by atoms with Crippen LogP contribution >= 0.6 is 0 Å². The summed E-state index contributed by atoms with van der Waals surface area (Å²) in [6, 6.07) is 9.40. The van der Waals surface area contributed by atoms with Crippen molar-refractivity contribution in [1.29, 1.82) is 0 Å². The number of fused-ring (bicyclic) bond motifs is 1. The summed E-state index contributed by atoms with van der Waals surface area (Å²) in [6.07, 6.45) is 3.10. The summed E-state index contributed by atoms with van der Waals surface area (Å²) in [4.78, 5) is 23.0. The molecule has 0 radical (unpaired) electrons. The number of carbonyl (C=O) groups excluding carboxylic acids is 1. The molecule has 0 aliphatic carbocycles. The van der Waals surface area contributed by atoms with Crippen molar-refractivity contribution in [2.75, 3.05) is 16.8 Å². The topological polar surface area (TPSA) is 84.2 Å². The lowest BCUT2D eigenvalue weighted by Crippen LogP contribution is -2.47. The van der Waals surface area contributed by atoms with Gasteiger partial charge in [0.05, 0.1) is 5.69 Å². The van der Waals surface area contributed by atoms with Crippen molar-refractivity contribution in [1.82, 2.24) is 15.1 Å². The van der Waals surface area contributed by atoms with Crippen LogP contribution in [0.25, 0.3) is 11.1 Å². The number of hydrogen-bond acceptors (Lipinski definition) is 6. The molecule has 0 bridgehead atoms. The van der Waals surface area contributed by atoms with Crippen LogP contribution in [0.5, 0.6) is 0 Å². The highest BCUT2D eigenvalue weighted by atomic mass is 16.5. The zero-order valence-corrected chi connectivity index (χ0v) is 13.3. The Balaban J connectivity index is 1.62. The molecule has 3 aromatic rings. The number of nitrogens with one attached hydrogen (secondary N) is 1. The van der Waals surface area contributed by atoms with E-state index in [1.54, 1.807) is 0 Å². The zero-order valence-electron chi connectivity index (χ0n) is 13.3. The van der Waals surface area contributed by atoms with E-state index in [-0.39, 0.29) is 11.9 Å². The van der Waals surface area contributed by atoms with Gasteiger partial charge in [0.15, 0.2) is 0 Å². The van der Waals surface area contributed by atoms with Crippen molar-refractivity contribution in [3.8, 4) is 0 Å². The Hall–Kier alpha value is -2.96. The summed E-state index contributed by atoms with van der Waals surface area (Å²) in [6.45, 7) is 2.56. The minimum Gasteiger partial charge on any atom is -0.358 e. The molecule has 1 aliphatic rings. The lowest BCUT2D eigenvalue weighted by Gasteiger charge is -2.33. The SMILES string of the molecule is Cc1noc2ncnc(NC3CCCN(c4ccccc4)C3=O)c12. The number of para-hydroxylation sites is 1. The van der Waals surface area contributed by atoms with E-state index in [2.05, 4.69) is 20.4 Å². The third-order valence-corrected chi connectivity index (χ3v) is 4.26. The number of nitrogens with zero attached hydrogens (tertiary/aromatic N) is 4. The highest BCUT2D eigenvalue weighted by Gasteiger charge is 2.30. The predicted molar refractivity (Wildman–Crippen MR) is 89.8 cm³/mol. The molecular weight excluding hydrogens is 306 g/mol. The van der Waals surface area contributed by atoms with Crippen LogP contribution in [0.2, 0.25) is 0 Å². The lowest BCUT2D eigenvalue weighted by atomic mass is 10.0. The van der Waals surface area contributed by atoms with Gasteiger partial charge in [-0.05, 0) is 31.9 Å². The molecule has 1 unspecified atom stereocenters. The van der Waals surface area contributed by atoms with Crippen LogP contribution < -0.4 is 10.2 Å². The van der Waals surface area contributed by atoms with Gasteiger partial charge in [-0.2, -0.15) is 4.98 Å². The van der Waals surface area contributed by atoms with Crippen molar-refractivity contribution in [2.24, 2.45) is 0 Å². The second-order valence-corrected chi connectivity index (χ2v) is 5.83. The Bertz CT molecular complexity index is 877. The maximum atomic E-state index is 12.9. The Morgan fingerprint density at radius 1 is 1.25 bits per heavy atom. The molecule has 2 aromatic heterocycles. The summed E-state index contributed by atoms with van der Waals surface area (Å²) in [5.74, 6) is 0.639. The number of aromatic nitrogens is 3. The number of benzene rings is 1. The minimum absolute atomic E-state index is 0.0494. The molecule has 1 N–H and O–H groups in total. The van der Waals surface area contributed by atoms with Gasteiger partial charge in [-0.3, -0.25) is 4.79 Å². The first-order chi connectivity index (χ1) is 11.7. The second kappa shape index (κ2) is 5.92. The molecule has 24 heavy (non-hydrogen) atoms. The van der Waals surface area contributed by atoms with E-state index in [1.165, 1.54) is 6.33 Å². The van der Waals surface area contributed by atoms with Crippen molar-refractivity contribution < 1.29 is 9.32 Å². The van der Waals surface area contributed by atoms with Gasteiger partial charge in [0.2, 0.25) is 5.91 Å². The smallest absolute Gasteiger partial charge is 0.263 e. The first-order valence-corrected chi connectivity index (χ1v) is 7.94. The van der Waals surface area contributed by atoms with E-state index in [0.717, 1.165) is 30.5 Å². The molecule has 1 atom stereocenters. The van der Waals surface area contributed by atoms with E-state index in [4.69, 9.17) is 4.52 Å². The van der Waals surface area contributed by atoms with Gasteiger partial charge in [-0.1, -0.05) is 23.4 Å². The Morgan fingerprint density at radius 2 is 2.08 bits per heavy atom. The summed E-state index contributed by atoms with van der Waals surface area (Å²) in [5.41, 5.74) is 2.05. The number of piperidine rings is 1. The summed E-state index contributed by atoms with van der Waals surface area (Å²) >= 11 is 0. The van der Waals surface area contributed by atoms with Gasteiger partial charge < -0.3 is 14.7 Å². The van der Waals surface area contributed by atoms with Crippen LogP contribution in [0, 0.1) is 6.92 Å². The largest absolute Gasteiger partial charge is 0.358 e. The highest BCUT2D eigenvalue weighted by Crippen LogP contribution is 2.26. The maximum Gasteiger partial charge on any atom is 0.263 e. The fourth-order valence-corrected chi connectivity index (χ4v) is 3.07. The molecular formula is C17H17N5O2. The number of anilines is 2. The van der Waals surface area contributed by atoms with Gasteiger partial charge in [0, 0.05) is 12.2 Å². The van der Waals surface area contributed by atoms with Crippen molar-refractivity contribution in [3.63, 3.8) is 0 Å². The van der Waals surface area contributed by atoms with E-state index < -0.39 is 0 Å². The monoisotopic (exact) mass is 323 g/mol. The molecule has 0 spiro atoms. The summed E-state index contributed by atoms with van der Waals surface area (Å²) < 4.78 is 5.16. The Kier molecular flexibility index (Phi) is 3.60. The molecule has 1 aliphatic heterocycles. The van der Waals surface area contributed by atoms with Crippen molar-refractivity contribution in [3.05, 3.63) is 42.4 Å². The van der Waals surface area contributed by atoms with Gasteiger partial charge in [-0.25, -0.2) is 4.98 Å². The molecule has 1 aromatic carbocycles. The van der Waals surface area contributed by atoms with E-state index >= 15 is 0 Å². The quantitative estimate of drug-likeness (QED) is 0.797. The third-order valence-electron chi connectivity index (χ3n) is 4.26. The second-order valence-electron chi connectivity index (χ2n) is 5.83. The number of aryl methyl sites for hydroxylation is 1. The van der Waals surface area contributed by atoms with Crippen LogP contribution in [-0.2, 0) is 4.79 Å². The number of amides is 1. The fourth-order valence-electron chi connectivity index (χ4n) is 3.07. The number of hydrogen-bond donors (Lipinski definition) is 1. The molecule has 122 valence electrons. The first kappa shape index (κ1) is 14.6. The molecule has 1 saturated heterocycles.